The fraction of sp³-hybridized carbons (Fsp3) is 0.355. The largest absolute Gasteiger partial charge is 0.542 e. The second-order valence-electron chi connectivity index (χ2n) is 10.5. The Bertz CT molecular complexity index is 1270. The molecule has 1 unspecified atom stereocenters. The van der Waals surface area contributed by atoms with Crippen LogP contribution in [-0.4, -0.2) is 60.0 Å². The molecule has 0 amide bonds. The van der Waals surface area contributed by atoms with Crippen molar-refractivity contribution in [2.24, 2.45) is 5.92 Å². The number of aliphatic hydroxyl groups excluding tert-OH is 1. The highest BCUT2D eigenvalue weighted by atomic mass is 19.4. The van der Waals surface area contributed by atoms with Crippen molar-refractivity contribution < 1.29 is 42.2 Å². The van der Waals surface area contributed by atoms with Crippen LogP contribution in [0.25, 0.3) is 0 Å². The number of alkyl halides is 3. The minimum absolute atomic E-state index is 0.123. The number of carbonyl (C=O) groups is 2. The summed E-state index contributed by atoms with van der Waals surface area (Å²) in [6.45, 7) is 3.50. The molecule has 2 bridgehead atoms. The van der Waals surface area contributed by atoms with Crippen LogP contribution in [0.15, 0.2) is 91.0 Å². The molecule has 0 aliphatic carbocycles. The van der Waals surface area contributed by atoms with E-state index in [4.69, 9.17) is 14.6 Å². The third-order valence-electron chi connectivity index (χ3n) is 7.74. The van der Waals surface area contributed by atoms with Crippen LogP contribution >= 0.6 is 0 Å². The topological polar surface area (TPSA) is 98.7 Å². The molecule has 3 aromatic rings. The summed E-state index contributed by atoms with van der Waals surface area (Å²) in [5, 5.41) is 23.1. The summed E-state index contributed by atoms with van der Waals surface area (Å²) in [5.41, 5.74) is 2.73. The number of benzene rings is 3. The van der Waals surface area contributed by atoms with Gasteiger partial charge in [-0.25, -0.2) is 4.79 Å². The number of esters is 1. The third-order valence-corrected chi connectivity index (χ3v) is 7.74. The normalized spacial score (nSPS) is 22.9. The number of anilines is 1. The minimum atomic E-state index is -5.19. The number of carboxylic acid groups (broad SMARTS) is 1. The Labute approximate surface area is 236 Å². The van der Waals surface area contributed by atoms with Crippen LogP contribution in [0.1, 0.15) is 36.1 Å². The standard InChI is InChI=1S/C29H33N2O3.C2HF3O2/c32-26(22-10-4-1-5-11-22)20-31-18-16-23(17-19-31)27(21-31)34-29(33)28(24-12-6-2-7-13-24)30-25-14-8-3-9-15-25;3-2(4,5)1(6)7/h1-15,23,26-28,30,32H,16-21H2;(H,6,7)/q+1;/p-1/t23?,26?,27-,28+,31?;/m0./s1. The van der Waals surface area contributed by atoms with Gasteiger partial charge in [-0.15, -0.1) is 0 Å². The molecule has 3 aliphatic rings. The highest BCUT2D eigenvalue weighted by Gasteiger charge is 2.49. The molecule has 3 aliphatic heterocycles. The van der Waals surface area contributed by atoms with Crippen LogP contribution in [-0.2, 0) is 14.3 Å². The smallest absolute Gasteiger partial charge is 0.430 e. The lowest BCUT2D eigenvalue weighted by Crippen LogP contribution is -2.65. The van der Waals surface area contributed by atoms with Crippen LogP contribution in [0.3, 0.4) is 0 Å². The molecule has 3 atom stereocenters. The number of halogens is 3. The number of aliphatic carboxylic acids is 1. The molecular weight excluding hydrogens is 537 g/mol. The molecule has 3 fully saturated rings. The molecule has 10 heteroatoms. The highest BCUT2D eigenvalue weighted by molar-refractivity contribution is 5.81. The van der Waals surface area contributed by atoms with E-state index in [2.05, 4.69) is 5.32 Å². The highest BCUT2D eigenvalue weighted by Crippen LogP contribution is 2.38. The molecule has 2 N–H and O–H groups in total. The number of piperidine rings is 3. The summed E-state index contributed by atoms with van der Waals surface area (Å²) in [4.78, 5) is 22.3. The molecule has 7 nitrogen and oxygen atoms in total. The Morgan fingerprint density at radius 1 is 0.902 bits per heavy atom. The van der Waals surface area contributed by atoms with E-state index in [0.29, 0.717) is 12.5 Å². The zero-order valence-electron chi connectivity index (χ0n) is 22.4. The van der Waals surface area contributed by atoms with Gasteiger partial charge < -0.3 is 29.5 Å². The van der Waals surface area contributed by atoms with E-state index < -0.39 is 24.3 Å². The van der Waals surface area contributed by atoms with Crippen molar-refractivity contribution in [1.82, 2.24) is 0 Å². The monoisotopic (exact) mass is 570 g/mol. The van der Waals surface area contributed by atoms with Crippen molar-refractivity contribution >= 4 is 17.6 Å². The molecule has 41 heavy (non-hydrogen) atoms. The van der Waals surface area contributed by atoms with Gasteiger partial charge in [0.15, 0.2) is 12.1 Å². The molecule has 3 heterocycles. The first-order chi connectivity index (χ1) is 19.6. The Kier molecular flexibility index (Phi) is 9.67. The maximum absolute atomic E-state index is 13.5. The Hall–Kier alpha value is -3.89. The molecule has 0 aromatic heterocycles. The van der Waals surface area contributed by atoms with E-state index in [-0.39, 0.29) is 12.1 Å². The zero-order valence-corrected chi connectivity index (χ0v) is 22.4. The van der Waals surface area contributed by atoms with Crippen LogP contribution in [0.4, 0.5) is 18.9 Å². The van der Waals surface area contributed by atoms with E-state index in [0.717, 1.165) is 53.8 Å². The molecule has 0 radical (unpaired) electrons. The van der Waals surface area contributed by atoms with Crippen LogP contribution < -0.4 is 10.4 Å². The van der Waals surface area contributed by atoms with Gasteiger partial charge in [0.2, 0.25) is 0 Å². The lowest BCUT2D eigenvalue weighted by molar-refractivity contribution is -0.949. The number of aliphatic hydroxyl groups is 1. The van der Waals surface area contributed by atoms with Crippen molar-refractivity contribution in [3.63, 3.8) is 0 Å². The number of carbonyl (C=O) groups excluding carboxylic acids is 2. The Balaban J connectivity index is 0.000000493. The maximum atomic E-state index is 13.5. The van der Waals surface area contributed by atoms with E-state index in [9.17, 15) is 23.1 Å². The van der Waals surface area contributed by atoms with Gasteiger partial charge in [-0.2, -0.15) is 13.2 Å². The number of quaternary nitrogens is 1. The predicted octanol–water partition coefficient (Wildman–Crippen LogP) is 4.02. The van der Waals surface area contributed by atoms with Gasteiger partial charge in [-0.3, -0.25) is 0 Å². The number of nitrogens with zero attached hydrogens (tertiary/aromatic N) is 1. The van der Waals surface area contributed by atoms with Gasteiger partial charge in [0.05, 0.1) is 13.1 Å². The Morgan fingerprint density at radius 2 is 1.39 bits per heavy atom. The summed E-state index contributed by atoms with van der Waals surface area (Å²) in [7, 11) is 0. The zero-order chi connectivity index (χ0) is 29.5. The summed E-state index contributed by atoms with van der Waals surface area (Å²) in [6, 6.07) is 28.9. The van der Waals surface area contributed by atoms with Crippen molar-refractivity contribution in [2.45, 2.75) is 37.3 Å². The minimum Gasteiger partial charge on any atom is -0.542 e. The predicted molar refractivity (Wildman–Crippen MR) is 144 cm³/mol. The van der Waals surface area contributed by atoms with Gasteiger partial charge in [-0.1, -0.05) is 78.9 Å². The van der Waals surface area contributed by atoms with Gasteiger partial charge in [0, 0.05) is 24.4 Å². The fourth-order valence-electron chi connectivity index (χ4n) is 5.60. The van der Waals surface area contributed by atoms with E-state index >= 15 is 0 Å². The van der Waals surface area contributed by atoms with Gasteiger partial charge in [0.25, 0.3) is 0 Å². The third kappa shape index (κ3) is 8.08. The number of fused-ring (bicyclic) bond motifs is 3. The summed E-state index contributed by atoms with van der Waals surface area (Å²) in [6.07, 6.45) is -3.77. The van der Waals surface area contributed by atoms with Gasteiger partial charge in [-0.05, 0) is 23.3 Å². The van der Waals surface area contributed by atoms with Gasteiger partial charge in [0.1, 0.15) is 25.2 Å². The number of nitrogens with one attached hydrogen (secondary N) is 1. The molecule has 0 spiro atoms. The Morgan fingerprint density at radius 3 is 1.90 bits per heavy atom. The lowest BCUT2D eigenvalue weighted by atomic mass is 9.82. The van der Waals surface area contributed by atoms with Crippen molar-refractivity contribution in [1.29, 1.82) is 0 Å². The summed E-state index contributed by atoms with van der Waals surface area (Å²) in [5.74, 6) is -2.85. The molecule has 218 valence electrons. The second kappa shape index (κ2) is 13.2. The SMILES string of the molecule is O=C(O[C@H]1C[N+]2(CC(O)c3ccccc3)CCC1CC2)[C@H](Nc1ccccc1)c1ccccc1.O=C([O-])C(F)(F)F. The average molecular weight is 571 g/mol. The van der Waals surface area contributed by atoms with E-state index in [1.54, 1.807) is 0 Å². The number of carboxylic acids is 1. The van der Waals surface area contributed by atoms with Crippen molar-refractivity contribution in [2.75, 3.05) is 31.5 Å². The molecule has 0 saturated carbocycles. The number of hydrogen-bond donors (Lipinski definition) is 2. The van der Waals surface area contributed by atoms with Gasteiger partial charge >= 0.3 is 12.1 Å². The molecule has 3 aromatic carbocycles. The van der Waals surface area contributed by atoms with Crippen LogP contribution in [0.5, 0.6) is 0 Å². The van der Waals surface area contributed by atoms with Crippen molar-refractivity contribution in [3.8, 4) is 0 Å². The summed E-state index contributed by atoms with van der Waals surface area (Å²) < 4.78 is 38.6. The quantitative estimate of drug-likeness (QED) is 0.314. The first kappa shape index (κ1) is 30.1. The average Bonchev–Trinajstić information content (AvgIpc) is 2.97. The second-order valence-corrected chi connectivity index (χ2v) is 10.5. The van der Waals surface area contributed by atoms with E-state index in [1.807, 2.05) is 91.0 Å². The molecule has 6 rings (SSSR count). The first-order valence-corrected chi connectivity index (χ1v) is 13.5. The molecular formula is C31H33F3N2O5. The fourth-order valence-corrected chi connectivity index (χ4v) is 5.60. The molecule has 3 saturated heterocycles. The lowest BCUT2D eigenvalue weighted by Gasteiger charge is -2.52. The number of hydrogen-bond acceptors (Lipinski definition) is 6. The van der Waals surface area contributed by atoms with Crippen molar-refractivity contribution in [3.05, 3.63) is 102 Å². The van der Waals surface area contributed by atoms with E-state index in [1.165, 1.54) is 0 Å². The number of rotatable bonds is 8. The van der Waals surface area contributed by atoms with Crippen LogP contribution in [0, 0.1) is 5.92 Å². The van der Waals surface area contributed by atoms with Crippen LogP contribution in [0.2, 0.25) is 0 Å². The number of ether oxygens (including phenoxy) is 1. The number of para-hydroxylation sites is 1. The first-order valence-electron chi connectivity index (χ1n) is 13.5. The maximum Gasteiger partial charge on any atom is 0.430 e. The summed E-state index contributed by atoms with van der Waals surface area (Å²) >= 11 is 0.